The molecule has 0 aliphatic carbocycles. The van der Waals surface area contributed by atoms with Gasteiger partial charge >= 0.3 is 6.03 Å². The van der Waals surface area contributed by atoms with E-state index in [1.54, 1.807) is 6.07 Å². The van der Waals surface area contributed by atoms with Crippen LogP contribution in [-0.2, 0) is 20.9 Å². The zero-order valence-electron chi connectivity index (χ0n) is 24.3. The largest absolute Gasteiger partial charge is 0.463 e. The summed E-state index contributed by atoms with van der Waals surface area (Å²) in [5.41, 5.74) is 3.24. The zero-order valence-corrected chi connectivity index (χ0v) is 24.3. The van der Waals surface area contributed by atoms with E-state index in [9.17, 15) is 14.7 Å². The molecule has 0 spiro atoms. The Morgan fingerprint density at radius 2 is 1.90 bits per heavy atom. The van der Waals surface area contributed by atoms with E-state index in [1.165, 1.54) is 11.9 Å². The van der Waals surface area contributed by atoms with Crippen LogP contribution >= 0.6 is 0 Å². The number of hydrogen-bond donors (Lipinski definition) is 2. The molecule has 9 nitrogen and oxygen atoms in total. The van der Waals surface area contributed by atoms with Crippen LogP contribution in [0.3, 0.4) is 0 Å². The molecule has 2 aromatic carbocycles. The first-order valence-electron chi connectivity index (χ1n) is 14.3. The number of imide groups is 1. The predicted octanol–water partition coefficient (Wildman–Crippen LogP) is 4.37. The van der Waals surface area contributed by atoms with Crippen molar-refractivity contribution in [1.82, 2.24) is 10.2 Å². The third-order valence-corrected chi connectivity index (χ3v) is 7.13. The summed E-state index contributed by atoms with van der Waals surface area (Å²) in [6.45, 7) is 6.88. The van der Waals surface area contributed by atoms with E-state index in [0.717, 1.165) is 59.6 Å². The van der Waals surface area contributed by atoms with Gasteiger partial charge in [0, 0.05) is 57.3 Å². The van der Waals surface area contributed by atoms with Crippen molar-refractivity contribution in [3.63, 3.8) is 0 Å². The van der Waals surface area contributed by atoms with Crippen LogP contribution < -0.4 is 15.0 Å². The molecule has 2 heterocycles. The van der Waals surface area contributed by atoms with Crippen molar-refractivity contribution in [2.75, 3.05) is 44.8 Å². The van der Waals surface area contributed by atoms with Gasteiger partial charge in [-0.3, -0.25) is 14.6 Å². The minimum absolute atomic E-state index is 0.0562. The topological polar surface area (TPSA) is 101 Å². The minimum Gasteiger partial charge on any atom is -0.463 e. The van der Waals surface area contributed by atoms with Crippen molar-refractivity contribution >= 4 is 17.6 Å². The Kier molecular flexibility index (Phi) is 10.8. The number of anilines is 1. The number of nitrogens with zero attached hydrogens (tertiary/aromatic N) is 2. The van der Waals surface area contributed by atoms with Gasteiger partial charge in [-0.2, -0.15) is 0 Å². The van der Waals surface area contributed by atoms with Crippen LogP contribution in [0.5, 0.6) is 5.75 Å². The normalized spacial score (nSPS) is 16.7. The number of urea groups is 1. The van der Waals surface area contributed by atoms with Crippen LogP contribution in [0, 0.1) is 11.8 Å². The summed E-state index contributed by atoms with van der Waals surface area (Å²) in [5.74, 6) is 6.14. The SMILES string of the molecule is CN1C(=O)CN(c2cccc(C#CCCOCCCCCCNCC(O)c3cccc4c3COC(C)(C)O4)c2)C1=O. The quantitative estimate of drug-likeness (QED) is 0.212. The van der Waals surface area contributed by atoms with Crippen molar-refractivity contribution < 1.29 is 28.9 Å². The Balaban J connectivity index is 1.03. The van der Waals surface area contributed by atoms with Crippen LogP contribution in [0.4, 0.5) is 10.5 Å². The lowest BCUT2D eigenvalue weighted by Gasteiger charge is -2.34. The van der Waals surface area contributed by atoms with Gasteiger partial charge in [-0.1, -0.05) is 42.9 Å². The van der Waals surface area contributed by atoms with Gasteiger partial charge in [0.25, 0.3) is 0 Å². The van der Waals surface area contributed by atoms with Crippen LogP contribution in [0.2, 0.25) is 0 Å². The molecule has 220 valence electrons. The number of rotatable bonds is 13. The summed E-state index contributed by atoms with van der Waals surface area (Å²) in [6.07, 6.45) is 4.24. The maximum atomic E-state index is 12.2. The maximum Gasteiger partial charge on any atom is 0.331 e. The molecule has 2 aliphatic heterocycles. The van der Waals surface area contributed by atoms with E-state index in [0.29, 0.717) is 38.5 Å². The Hall–Kier alpha value is -3.42. The van der Waals surface area contributed by atoms with Gasteiger partial charge < -0.3 is 24.6 Å². The van der Waals surface area contributed by atoms with Crippen molar-refractivity contribution in [2.24, 2.45) is 0 Å². The molecular formula is C32H41N3O6. The first-order valence-corrected chi connectivity index (χ1v) is 14.3. The lowest BCUT2D eigenvalue weighted by Crippen LogP contribution is -2.36. The molecule has 1 saturated heterocycles. The monoisotopic (exact) mass is 563 g/mol. The predicted molar refractivity (Wildman–Crippen MR) is 157 cm³/mol. The van der Waals surface area contributed by atoms with E-state index in [2.05, 4.69) is 17.2 Å². The number of carbonyl (C=O) groups excluding carboxylic acids is 2. The smallest absolute Gasteiger partial charge is 0.331 e. The molecule has 1 atom stereocenters. The number of aliphatic hydroxyl groups excluding tert-OH is 1. The summed E-state index contributed by atoms with van der Waals surface area (Å²) in [7, 11) is 1.49. The maximum absolute atomic E-state index is 12.2. The van der Waals surface area contributed by atoms with E-state index in [1.807, 2.05) is 50.2 Å². The van der Waals surface area contributed by atoms with Gasteiger partial charge in [-0.15, -0.1) is 0 Å². The van der Waals surface area contributed by atoms with Crippen LogP contribution in [0.25, 0.3) is 0 Å². The summed E-state index contributed by atoms with van der Waals surface area (Å²) >= 11 is 0. The van der Waals surface area contributed by atoms with Crippen molar-refractivity contribution in [1.29, 1.82) is 0 Å². The first-order chi connectivity index (χ1) is 19.7. The van der Waals surface area contributed by atoms with E-state index >= 15 is 0 Å². The van der Waals surface area contributed by atoms with E-state index in [-0.39, 0.29) is 18.5 Å². The molecule has 1 fully saturated rings. The lowest BCUT2D eigenvalue weighted by atomic mass is 10.0. The number of ether oxygens (including phenoxy) is 3. The molecule has 41 heavy (non-hydrogen) atoms. The van der Waals surface area contributed by atoms with Crippen LogP contribution in [0.15, 0.2) is 42.5 Å². The lowest BCUT2D eigenvalue weighted by molar-refractivity contribution is -0.180. The van der Waals surface area contributed by atoms with E-state index < -0.39 is 11.9 Å². The number of amides is 3. The van der Waals surface area contributed by atoms with Gasteiger partial charge in [0.15, 0.2) is 0 Å². The van der Waals surface area contributed by atoms with Gasteiger partial charge in [0.05, 0.1) is 19.3 Å². The van der Waals surface area contributed by atoms with Crippen molar-refractivity contribution in [3.8, 4) is 17.6 Å². The fraction of sp³-hybridized carbons (Fsp3) is 0.500. The molecule has 2 aromatic rings. The molecule has 3 amide bonds. The van der Waals surface area contributed by atoms with Gasteiger partial charge in [0.2, 0.25) is 11.7 Å². The van der Waals surface area contributed by atoms with Crippen molar-refractivity contribution in [2.45, 2.75) is 64.4 Å². The second-order valence-electron chi connectivity index (χ2n) is 10.8. The first kappa shape index (κ1) is 30.5. The number of likely N-dealkylation sites (N-methyl/N-ethyl adjacent to an activating group) is 1. The third kappa shape index (κ3) is 8.54. The van der Waals surface area contributed by atoms with Gasteiger partial charge in [0.1, 0.15) is 12.3 Å². The molecule has 4 rings (SSSR count). The Labute approximate surface area is 242 Å². The number of unbranched alkanes of at least 4 members (excludes halogenated alkanes) is 3. The average Bonchev–Trinajstić information content (AvgIpc) is 3.21. The Bertz CT molecular complexity index is 1270. The standard InChI is InChI=1S/C32H41N3O6/c1-32(2)40-23-27-26(15-11-16-29(27)41-32)28(36)21-33-17-7-4-5-8-18-39-19-9-6-12-24-13-10-14-25(20-24)35-22-30(37)34(3)31(35)38/h10-11,13-16,20,28,33,36H,4-5,7-9,17-19,21-23H2,1-3H3. The molecular weight excluding hydrogens is 522 g/mol. The number of benzene rings is 2. The van der Waals surface area contributed by atoms with Crippen LogP contribution in [0.1, 0.15) is 68.7 Å². The van der Waals surface area contributed by atoms with E-state index in [4.69, 9.17) is 14.2 Å². The average molecular weight is 564 g/mol. The highest BCUT2D eigenvalue weighted by Gasteiger charge is 2.34. The molecule has 0 radical (unpaired) electrons. The number of aliphatic hydroxyl groups is 1. The number of hydrogen-bond acceptors (Lipinski definition) is 7. The molecule has 9 heteroatoms. The fourth-order valence-electron chi connectivity index (χ4n) is 4.78. The third-order valence-electron chi connectivity index (χ3n) is 7.13. The summed E-state index contributed by atoms with van der Waals surface area (Å²) in [4.78, 5) is 26.5. The molecule has 0 aromatic heterocycles. The van der Waals surface area contributed by atoms with Crippen LogP contribution in [-0.4, -0.2) is 67.6 Å². The molecule has 2 N–H and O–H groups in total. The summed E-state index contributed by atoms with van der Waals surface area (Å²) < 4.78 is 17.4. The van der Waals surface area contributed by atoms with Gasteiger partial charge in [-0.05, 0) is 49.2 Å². The highest BCUT2D eigenvalue weighted by atomic mass is 16.7. The minimum atomic E-state index is -0.651. The number of nitrogens with one attached hydrogen (secondary N) is 1. The number of carbonyl (C=O) groups is 2. The number of fused-ring (bicyclic) bond motifs is 1. The Morgan fingerprint density at radius 3 is 2.71 bits per heavy atom. The summed E-state index contributed by atoms with van der Waals surface area (Å²) in [5, 5.41) is 14.0. The fourth-order valence-corrected chi connectivity index (χ4v) is 4.78. The highest BCUT2D eigenvalue weighted by molar-refractivity contribution is 6.11. The Morgan fingerprint density at radius 1 is 1.10 bits per heavy atom. The van der Waals surface area contributed by atoms with Crippen molar-refractivity contribution in [3.05, 3.63) is 59.2 Å². The summed E-state index contributed by atoms with van der Waals surface area (Å²) in [6, 6.07) is 12.8. The molecule has 0 bridgehead atoms. The molecule has 1 unspecified atom stereocenters. The second kappa shape index (κ2) is 14.5. The zero-order chi connectivity index (χ0) is 29.2. The van der Waals surface area contributed by atoms with Gasteiger partial charge in [-0.25, -0.2) is 4.79 Å². The highest BCUT2D eigenvalue weighted by Crippen LogP contribution is 2.35. The second-order valence-corrected chi connectivity index (χ2v) is 10.8. The molecule has 0 saturated carbocycles. The molecule has 2 aliphatic rings.